The summed E-state index contributed by atoms with van der Waals surface area (Å²) < 4.78 is 0. The van der Waals surface area contributed by atoms with Crippen LogP contribution in [0.2, 0.25) is 0 Å². The Morgan fingerprint density at radius 1 is 1.71 bits per heavy atom. The van der Waals surface area contributed by atoms with Gasteiger partial charge in [-0.25, -0.2) is 0 Å². The molecule has 0 amide bonds. The topological polar surface area (TPSA) is 62.2 Å². The van der Waals surface area contributed by atoms with E-state index in [0.29, 0.717) is 6.54 Å². The summed E-state index contributed by atoms with van der Waals surface area (Å²) in [4.78, 5) is 14.3. The standard InChI is InChI=1S/C10H14N2O2/c1-8(12-6-4-10(13)14)9-3-2-5-11-7-9/h2-3,5,7-8,12H,4,6H2,1H3,(H,13,14). The second-order valence-electron chi connectivity index (χ2n) is 3.11. The summed E-state index contributed by atoms with van der Waals surface area (Å²) in [6.45, 7) is 2.46. The highest BCUT2D eigenvalue weighted by Crippen LogP contribution is 2.08. The van der Waals surface area contributed by atoms with Crippen LogP contribution in [-0.4, -0.2) is 22.6 Å². The summed E-state index contributed by atoms with van der Waals surface area (Å²) in [5.74, 6) is -0.782. The maximum absolute atomic E-state index is 10.3. The number of carbonyl (C=O) groups is 1. The van der Waals surface area contributed by atoms with Crippen LogP contribution in [-0.2, 0) is 4.79 Å². The first-order valence-corrected chi connectivity index (χ1v) is 4.55. The van der Waals surface area contributed by atoms with Crippen LogP contribution in [0, 0.1) is 0 Å². The lowest BCUT2D eigenvalue weighted by Gasteiger charge is -2.12. The first-order valence-electron chi connectivity index (χ1n) is 4.55. The smallest absolute Gasteiger partial charge is 0.304 e. The summed E-state index contributed by atoms with van der Waals surface area (Å²) in [6.07, 6.45) is 3.64. The Morgan fingerprint density at radius 2 is 2.50 bits per heavy atom. The molecule has 4 nitrogen and oxygen atoms in total. The van der Waals surface area contributed by atoms with Crippen LogP contribution in [0.1, 0.15) is 24.9 Å². The van der Waals surface area contributed by atoms with Gasteiger partial charge in [0.2, 0.25) is 0 Å². The molecule has 1 aromatic rings. The quantitative estimate of drug-likeness (QED) is 0.739. The molecule has 0 radical (unpaired) electrons. The Morgan fingerprint density at radius 3 is 3.07 bits per heavy atom. The third-order valence-electron chi connectivity index (χ3n) is 1.97. The van der Waals surface area contributed by atoms with Gasteiger partial charge in [0.05, 0.1) is 6.42 Å². The van der Waals surface area contributed by atoms with E-state index < -0.39 is 5.97 Å². The number of nitrogens with zero attached hydrogens (tertiary/aromatic N) is 1. The van der Waals surface area contributed by atoms with E-state index in [1.54, 1.807) is 12.4 Å². The number of hydrogen-bond donors (Lipinski definition) is 2. The Balaban J connectivity index is 2.36. The van der Waals surface area contributed by atoms with Crippen molar-refractivity contribution in [3.8, 4) is 0 Å². The van der Waals surface area contributed by atoms with Crippen LogP contribution in [0.4, 0.5) is 0 Å². The molecule has 4 heteroatoms. The lowest BCUT2D eigenvalue weighted by molar-refractivity contribution is -0.136. The number of aliphatic carboxylic acids is 1. The Labute approximate surface area is 83.0 Å². The Kier molecular flexibility index (Phi) is 4.07. The molecule has 0 saturated carbocycles. The SMILES string of the molecule is CC(NCCC(=O)O)c1cccnc1. The van der Waals surface area contributed by atoms with Crippen molar-refractivity contribution in [2.75, 3.05) is 6.54 Å². The van der Waals surface area contributed by atoms with Crippen LogP contribution in [0.5, 0.6) is 0 Å². The van der Waals surface area contributed by atoms with E-state index in [2.05, 4.69) is 10.3 Å². The Bertz CT molecular complexity index is 287. The van der Waals surface area contributed by atoms with E-state index in [-0.39, 0.29) is 12.5 Å². The summed E-state index contributed by atoms with van der Waals surface area (Å²) in [5, 5.41) is 11.6. The molecule has 0 bridgehead atoms. The molecule has 1 atom stereocenters. The van der Waals surface area contributed by atoms with Gasteiger partial charge in [0.25, 0.3) is 0 Å². The molecule has 2 N–H and O–H groups in total. The first-order chi connectivity index (χ1) is 6.70. The first kappa shape index (κ1) is 10.7. The van der Waals surface area contributed by atoms with Crippen molar-refractivity contribution in [3.05, 3.63) is 30.1 Å². The van der Waals surface area contributed by atoms with Crippen molar-refractivity contribution in [2.24, 2.45) is 0 Å². The lowest BCUT2D eigenvalue weighted by Crippen LogP contribution is -2.21. The zero-order chi connectivity index (χ0) is 10.4. The van der Waals surface area contributed by atoms with E-state index in [0.717, 1.165) is 5.56 Å². The summed E-state index contributed by atoms with van der Waals surface area (Å²) in [5.41, 5.74) is 1.07. The molecular weight excluding hydrogens is 180 g/mol. The summed E-state index contributed by atoms with van der Waals surface area (Å²) in [7, 11) is 0. The second-order valence-corrected chi connectivity index (χ2v) is 3.11. The van der Waals surface area contributed by atoms with E-state index >= 15 is 0 Å². The van der Waals surface area contributed by atoms with Gasteiger partial charge >= 0.3 is 5.97 Å². The zero-order valence-corrected chi connectivity index (χ0v) is 8.10. The predicted octanol–water partition coefficient (Wildman–Crippen LogP) is 1.21. The van der Waals surface area contributed by atoms with E-state index in [1.165, 1.54) is 0 Å². The van der Waals surface area contributed by atoms with Crippen molar-refractivity contribution in [1.29, 1.82) is 0 Å². The van der Waals surface area contributed by atoms with Crippen molar-refractivity contribution in [3.63, 3.8) is 0 Å². The summed E-state index contributed by atoms with van der Waals surface area (Å²) in [6, 6.07) is 3.97. The Hall–Kier alpha value is -1.42. The molecule has 1 heterocycles. The maximum atomic E-state index is 10.3. The molecular formula is C10H14N2O2. The average Bonchev–Trinajstić information content (AvgIpc) is 2.18. The van der Waals surface area contributed by atoms with Crippen LogP contribution < -0.4 is 5.32 Å². The number of aromatic nitrogens is 1. The van der Waals surface area contributed by atoms with E-state index in [9.17, 15) is 4.79 Å². The lowest BCUT2D eigenvalue weighted by atomic mass is 10.1. The number of hydrogen-bond acceptors (Lipinski definition) is 3. The molecule has 0 fully saturated rings. The van der Waals surface area contributed by atoms with Crippen molar-refractivity contribution in [1.82, 2.24) is 10.3 Å². The van der Waals surface area contributed by atoms with Crippen LogP contribution in [0.15, 0.2) is 24.5 Å². The molecule has 14 heavy (non-hydrogen) atoms. The van der Waals surface area contributed by atoms with Crippen LogP contribution >= 0.6 is 0 Å². The third-order valence-corrected chi connectivity index (χ3v) is 1.97. The highest BCUT2D eigenvalue weighted by molar-refractivity contribution is 5.66. The van der Waals surface area contributed by atoms with Gasteiger partial charge in [0, 0.05) is 25.0 Å². The molecule has 0 aliphatic rings. The zero-order valence-electron chi connectivity index (χ0n) is 8.10. The minimum Gasteiger partial charge on any atom is -0.481 e. The van der Waals surface area contributed by atoms with Gasteiger partial charge in [0.1, 0.15) is 0 Å². The minimum atomic E-state index is -0.782. The van der Waals surface area contributed by atoms with Crippen molar-refractivity contribution >= 4 is 5.97 Å². The molecule has 76 valence electrons. The highest BCUT2D eigenvalue weighted by Gasteiger charge is 2.04. The highest BCUT2D eigenvalue weighted by atomic mass is 16.4. The van der Waals surface area contributed by atoms with Gasteiger partial charge in [-0.05, 0) is 18.6 Å². The number of pyridine rings is 1. The van der Waals surface area contributed by atoms with Crippen molar-refractivity contribution < 1.29 is 9.90 Å². The van der Waals surface area contributed by atoms with Gasteiger partial charge in [-0.15, -0.1) is 0 Å². The van der Waals surface area contributed by atoms with Gasteiger partial charge in [0.15, 0.2) is 0 Å². The number of carboxylic acids is 1. The predicted molar refractivity (Wildman–Crippen MR) is 52.9 cm³/mol. The molecule has 1 aromatic heterocycles. The number of carboxylic acid groups (broad SMARTS) is 1. The molecule has 1 unspecified atom stereocenters. The van der Waals surface area contributed by atoms with Gasteiger partial charge in [-0.2, -0.15) is 0 Å². The largest absolute Gasteiger partial charge is 0.481 e. The molecule has 1 rings (SSSR count). The molecule has 0 saturated heterocycles. The van der Waals surface area contributed by atoms with Crippen molar-refractivity contribution in [2.45, 2.75) is 19.4 Å². The fraction of sp³-hybridized carbons (Fsp3) is 0.400. The second kappa shape index (κ2) is 5.34. The number of nitrogens with one attached hydrogen (secondary N) is 1. The molecule has 0 aliphatic heterocycles. The van der Waals surface area contributed by atoms with Crippen LogP contribution in [0.25, 0.3) is 0 Å². The maximum Gasteiger partial charge on any atom is 0.304 e. The van der Waals surface area contributed by atoms with Crippen LogP contribution in [0.3, 0.4) is 0 Å². The fourth-order valence-electron chi connectivity index (χ4n) is 1.15. The molecule has 0 aromatic carbocycles. The van der Waals surface area contributed by atoms with E-state index in [4.69, 9.17) is 5.11 Å². The average molecular weight is 194 g/mol. The normalized spacial score (nSPS) is 12.4. The summed E-state index contributed by atoms with van der Waals surface area (Å²) >= 11 is 0. The molecule has 0 aliphatic carbocycles. The monoisotopic (exact) mass is 194 g/mol. The van der Waals surface area contributed by atoms with Gasteiger partial charge < -0.3 is 10.4 Å². The van der Waals surface area contributed by atoms with Gasteiger partial charge in [-0.3, -0.25) is 9.78 Å². The number of rotatable bonds is 5. The van der Waals surface area contributed by atoms with Gasteiger partial charge in [-0.1, -0.05) is 6.07 Å². The third kappa shape index (κ3) is 3.53. The van der Waals surface area contributed by atoms with E-state index in [1.807, 2.05) is 19.1 Å². The molecule has 0 spiro atoms. The fourth-order valence-corrected chi connectivity index (χ4v) is 1.15. The minimum absolute atomic E-state index is 0.142.